The molecule has 0 aromatic heterocycles. The zero-order valence-corrected chi connectivity index (χ0v) is 10.6. The second kappa shape index (κ2) is 5.15. The molecule has 0 saturated carbocycles. The van der Waals surface area contributed by atoms with E-state index in [1.54, 1.807) is 6.07 Å². The van der Waals surface area contributed by atoms with Crippen molar-refractivity contribution in [2.45, 2.75) is 26.9 Å². The van der Waals surface area contributed by atoms with Crippen molar-refractivity contribution < 1.29 is 4.39 Å². The van der Waals surface area contributed by atoms with E-state index in [1.807, 2.05) is 6.07 Å². The number of likely N-dealkylation sites (tertiary alicyclic amines) is 1. The maximum absolute atomic E-state index is 13.1. The molecule has 0 radical (unpaired) electrons. The molecule has 17 heavy (non-hydrogen) atoms. The Labute approximate surface area is 103 Å². The molecule has 2 rings (SSSR count). The summed E-state index contributed by atoms with van der Waals surface area (Å²) < 4.78 is 13.1. The Bertz CT molecular complexity index is 382. The first-order valence-corrected chi connectivity index (χ1v) is 6.30. The molecule has 0 spiro atoms. The van der Waals surface area contributed by atoms with Crippen LogP contribution in [0.25, 0.3) is 0 Å². The first-order chi connectivity index (χ1) is 8.10. The topological polar surface area (TPSA) is 29.3 Å². The standard InChI is InChI=1S/C14H21FN2/c1-10-7-17(8-11(10)2)9-12-3-4-14(15)5-13(12)6-16/h3-5,10-11H,6-9,16H2,1-2H3. The van der Waals surface area contributed by atoms with Gasteiger partial charge in [0.05, 0.1) is 0 Å². The van der Waals surface area contributed by atoms with E-state index in [9.17, 15) is 4.39 Å². The third-order valence-corrected chi connectivity index (χ3v) is 3.85. The molecule has 0 bridgehead atoms. The Hall–Kier alpha value is -0.930. The predicted octanol–water partition coefficient (Wildman–Crippen LogP) is 2.37. The molecule has 1 aromatic rings. The van der Waals surface area contributed by atoms with Gasteiger partial charge in [0.15, 0.2) is 0 Å². The summed E-state index contributed by atoms with van der Waals surface area (Å²) in [5.74, 6) is 1.30. The maximum atomic E-state index is 13.1. The minimum atomic E-state index is -0.197. The fraction of sp³-hybridized carbons (Fsp3) is 0.571. The molecule has 2 atom stereocenters. The molecule has 1 fully saturated rings. The van der Waals surface area contributed by atoms with E-state index >= 15 is 0 Å². The fourth-order valence-electron chi connectivity index (χ4n) is 2.56. The van der Waals surface area contributed by atoms with Crippen LogP contribution in [-0.2, 0) is 13.1 Å². The maximum Gasteiger partial charge on any atom is 0.123 e. The van der Waals surface area contributed by atoms with Gasteiger partial charge in [0.1, 0.15) is 5.82 Å². The molecule has 94 valence electrons. The van der Waals surface area contributed by atoms with Crippen LogP contribution in [0.4, 0.5) is 4.39 Å². The van der Waals surface area contributed by atoms with Crippen LogP contribution in [0.3, 0.4) is 0 Å². The summed E-state index contributed by atoms with van der Waals surface area (Å²) in [7, 11) is 0. The molecule has 1 heterocycles. The first-order valence-electron chi connectivity index (χ1n) is 6.30. The molecule has 0 amide bonds. The smallest absolute Gasteiger partial charge is 0.123 e. The molecule has 1 aromatic carbocycles. The number of nitrogens with zero attached hydrogens (tertiary/aromatic N) is 1. The largest absolute Gasteiger partial charge is 0.326 e. The minimum absolute atomic E-state index is 0.197. The molecule has 2 unspecified atom stereocenters. The van der Waals surface area contributed by atoms with E-state index in [4.69, 9.17) is 5.73 Å². The van der Waals surface area contributed by atoms with E-state index in [2.05, 4.69) is 18.7 Å². The summed E-state index contributed by atoms with van der Waals surface area (Å²) in [4.78, 5) is 2.43. The fourth-order valence-corrected chi connectivity index (χ4v) is 2.56. The van der Waals surface area contributed by atoms with Crippen LogP contribution in [0.2, 0.25) is 0 Å². The van der Waals surface area contributed by atoms with Crippen molar-refractivity contribution in [3.63, 3.8) is 0 Å². The number of nitrogens with two attached hydrogens (primary N) is 1. The lowest BCUT2D eigenvalue weighted by Gasteiger charge is -2.17. The SMILES string of the molecule is CC1CN(Cc2ccc(F)cc2CN)CC1C. The van der Waals surface area contributed by atoms with E-state index in [-0.39, 0.29) is 5.82 Å². The summed E-state index contributed by atoms with van der Waals surface area (Å²) >= 11 is 0. The van der Waals surface area contributed by atoms with Crippen molar-refractivity contribution in [2.24, 2.45) is 17.6 Å². The summed E-state index contributed by atoms with van der Waals surface area (Å²) in [6, 6.07) is 4.95. The van der Waals surface area contributed by atoms with Gasteiger partial charge in [-0.05, 0) is 35.1 Å². The van der Waals surface area contributed by atoms with Gasteiger partial charge in [-0.25, -0.2) is 4.39 Å². The Kier molecular flexibility index (Phi) is 3.79. The van der Waals surface area contributed by atoms with E-state index in [0.717, 1.165) is 42.6 Å². The van der Waals surface area contributed by atoms with Crippen molar-refractivity contribution in [3.05, 3.63) is 35.1 Å². The highest BCUT2D eigenvalue weighted by molar-refractivity contribution is 5.27. The van der Waals surface area contributed by atoms with Crippen molar-refractivity contribution >= 4 is 0 Å². The Morgan fingerprint density at radius 3 is 2.47 bits per heavy atom. The summed E-state index contributed by atoms with van der Waals surface area (Å²) in [6.07, 6.45) is 0. The molecule has 0 aliphatic carbocycles. The average molecular weight is 236 g/mol. The highest BCUT2D eigenvalue weighted by Gasteiger charge is 2.26. The first kappa shape index (κ1) is 12.5. The summed E-state index contributed by atoms with van der Waals surface area (Å²) in [5, 5.41) is 0. The second-order valence-electron chi connectivity index (χ2n) is 5.27. The van der Waals surface area contributed by atoms with Gasteiger partial charge >= 0.3 is 0 Å². The molecule has 1 aliphatic rings. The van der Waals surface area contributed by atoms with Gasteiger partial charge in [-0.2, -0.15) is 0 Å². The molecule has 1 saturated heterocycles. The monoisotopic (exact) mass is 236 g/mol. The summed E-state index contributed by atoms with van der Waals surface area (Å²) in [6.45, 7) is 8.14. The van der Waals surface area contributed by atoms with Gasteiger partial charge in [-0.3, -0.25) is 4.90 Å². The van der Waals surface area contributed by atoms with Crippen molar-refractivity contribution in [2.75, 3.05) is 13.1 Å². The highest BCUT2D eigenvalue weighted by Crippen LogP contribution is 2.24. The summed E-state index contributed by atoms with van der Waals surface area (Å²) in [5.41, 5.74) is 7.75. The number of hydrogen-bond donors (Lipinski definition) is 1. The van der Waals surface area contributed by atoms with Gasteiger partial charge in [0.2, 0.25) is 0 Å². The number of rotatable bonds is 3. The molecular formula is C14H21FN2. The average Bonchev–Trinajstić information content (AvgIpc) is 2.60. The normalized spacial score (nSPS) is 25.4. The van der Waals surface area contributed by atoms with Gasteiger partial charge in [0.25, 0.3) is 0 Å². The van der Waals surface area contributed by atoms with Crippen molar-refractivity contribution in [1.82, 2.24) is 4.90 Å². The van der Waals surface area contributed by atoms with E-state index in [0.29, 0.717) is 6.54 Å². The van der Waals surface area contributed by atoms with Crippen LogP contribution >= 0.6 is 0 Å². The lowest BCUT2D eigenvalue weighted by atomic mass is 10.0. The third-order valence-electron chi connectivity index (χ3n) is 3.85. The lowest BCUT2D eigenvalue weighted by Crippen LogP contribution is -2.21. The third kappa shape index (κ3) is 2.85. The van der Waals surface area contributed by atoms with E-state index in [1.165, 1.54) is 6.07 Å². The zero-order chi connectivity index (χ0) is 12.4. The quantitative estimate of drug-likeness (QED) is 0.873. The molecule has 1 aliphatic heterocycles. The second-order valence-corrected chi connectivity index (χ2v) is 5.27. The molecular weight excluding hydrogens is 215 g/mol. The van der Waals surface area contributed by atoms with Crippen molar-refractivity contribution in [3.8, 4) is 0 Å². The van der Waals surface area contributed by atoms with E-state index < -0.39 is 0 Å². The van der Waals surface area contributed by atoms with Crippen LogP contribution in [0.1, 0.15) is 25.0 Å². The minimum Gasteiger partial charge on any atom is -0.326 e. The number of halogens is 1. The highest BCUT2D eigenvalue weighted by atomic mass is 19.1. The number of hydrogen-bond acceptors (Lipinski definition) is 2. The Balaban J connectivity index is 2.09. The van der Waals surface area contributed by atoms with Crippen LogP contribution in [0.5, 0.6) is 0 Å². The molecule has 3 heteroatoms. The number of benzene rings is 1. The van der Waals surface area contributed by atoms with Crippen LogP contribution < -0.4 is 5.73 Å². The molecule has 2 nitrogen and oxygen atoms in total. The van der Waals surface area contributed by atoms with Gasteiger partial charge in [-0.1, -0.05) is 19.9 Å². The zero-order valence-electron chi connectivity index (χ0n) is 10.6. The van der Waals surface area contributed by atoms with Gasteiger partial charge < -0.3 is 5.73 Å². The van der Waals surface area contributed by atoms with Gasteiger partial charge in [-0.15, -0.1) is 0 Å². The Morgan fingerprint density at radius 1 is 1.24 bits per heavy atom. The van der Waals surface area contributed by atoms with Crippen LogP contribution in [-0.4, -0.2) is 18.0 Å². The lowest BCUT2D eigenvalue weighted by molar-refractivity contribution is 0.315. The van der Waals surface area contributed by atoms with Crippen LogP contribution in [0.15, 0.2) is 18.2 Å². The predicted molar refractivity (Wildman–Crippen MR) is 67.9 cm³/mol. The molecule has 2 N–H and O–H groups in total. The van der Waals surface area contributed by atoms with Gasteiger partial charge in [0, 0.05) is 26.2 Å². The van der Waals surface area contributed by atoms with Crippen molar-refractivity contribution in [1.29, 1.82) is 0 Å². The van der Waals surface area contributed by atoms with Crippen LogP contribution in [0, 0.1) is 17.7 Å². The Morgan fingerprint density at radius 2 is 1.88 bits per heavy atom.